The molecule has 1 amide bonds. The number of amides is 1. The minimum Gasteiger partial charge on any atom is -0.474 e. The highest BCUT2D eigenvalue weighted by molar-refractivity contribution is 5.68. The Morgan fingerprint density at radius 2 is 1.82 bits per heavy atom. The van der Waals surface area contributed by atoms with Gasteiger partial charge in [-0.15, -0.1) is 0 Å². The molecular weight excluding hydrogens is 643 g/mol. The maximum absolute atomic E-state index is 14.8. The lowest BCUT2D eigenvalue weighted by atomic mass is 9.83. The van der Waals surface area contributed by atoms with Crippen molar-refractivity contribution >= 4 is 6.09 Å². The van der Waals surface area contributed by atoms with Crippen LogP contribution in [0.25, 0.3) is 11.7 Å². The van der Waals surface area contributed by atoms with Crippen LogP contribution in [0.3, 0.4) is 0 Å². The van der Waals surface area contributed by atoms with Gasteiger partial charge < -0.3 is 23.6 Å². The lowest BCUT2D eigenvalue weighted by Crippen LogP contribution is -2.50. The number of aromatic nitrogens is 4. The van der Waals surface area contributed by atoms with Crippen molar-refractivity contribution in [3.05, 3.63) is 47.3 Å². The van der Waals surface area contributed by atoms with E-state index in [1.54, 1.807) is 39.5 Å². The zero-order chi connectivity index (χ0) is 35.7. The van der Waals surface area contributed by atoms with Crippen LogP contribution in [-0.2, 0) is 10.2 Å². The molecule has 0 aliphatic carbocycles. The summed E-state index contributed by atoms with van der Waals surface area (Å²) in [4.78, 5) is 29.7. The van der Waals surface area contributed by atoms with Gasteiger partial charge >= 0.3 is 6.09 Å². The molecule has 49 heavy (non-hydrogen) atoms. The molecule has 1 aromatic carbocycles. The number of alkyl halides is 1. The normalized spacial score (nSPS) is 22.4. The van der Waals surface area contributed by atoms with Crippen molar-refractivity contribution in [3.63, 3.8) is 0 Å². The highest BCUT2D eigenvalue weighted by Crippen LogP contribution is 2.35. The topological polar surface area (TPSA) is 140 Å². The van der Waals surface area contributed by atoms with Crippen LogP contribution in [-0.4, -0.2) is 92.2 Å². The molecule has 0 spiro atoms. The SMILES string of the molecule is C[C@H](Oc1cc(O[C@H]2CCN(C(=O)OC(C)(C)C)[C@H](CC#N)C2)nc(-c2nc(C(C)(C)c3c(F)cccc3F)no2)n1)[C@@H]1C[C@@H](F)CN1C. The number of carbonyl (C=O) groups is 1. The number of carbonyl (C=O) groups excluding carboxylic acids is 1. The fraction of sp³-hybridized carbons (Fsp3) is 0.588. The number of nitrogens with zero attached hydrogens (tertiary/aromatic N) is 7. The van der Waals surface area contributed by atoms with E-state index in [0.717, 1.165) is 12.1 Å². The molecule has 264 valence electrons. The maximum Gasteiger partial charge on any atom is 0.410 e. The molecule has 12 nitrogen and oxygen atoms in total. The van der Waals surface area contributed by atoms with Crippen molar-refractivity contribution in [2.24, 2.45) is 0 Å². The Kier molecular flexibility index (Phi) is 10.4. The molecule has 3 aromatic rings. The van der Waals surface area contributed by atoms with Crippen molar-refractivity contribution < 1.29 is 36.7 Å². The van der Waals surface area contributed by atoms with Crippen LogP contribution in [0.5, 0.6) is 11.8 Å². The average Bonchev–Trinajstić information content (AvgIpc) is 3.63. The fourth-order valence-electron chi connectivity index (χ4n) is 6.33. The number of hydrogen-bond donors (Lipinski definition) is 0. The minimum atomic E-state index is -1.33. The number of likely N-dealkylation sites (tertiary alicyclic amines) is 2. The van der Waals surface area contributed by atoms with E-state index in [9.17, 15) is 23.2 Å². The second-order valence-electron chi connectivity index (χ2n) is 14.1. The molecule has 2 aliphatic heterocycles. The third kappa shape index (κ3) is 8.24. The van der Waals surface area contributed by atoms with E-state index in [1.165, 1.54) is 12.1 Å². The summed E-state index contributed by atoms with van der Waals surface area (Å²) in [6.07, 6.45) is -1.27. The second-order valence-corrected chi connectivity index (χ2v) is 14.1. The van der Waals surface area contributed by atoms with Crippen molar-refractivity contribution in [2.75, 3.05) is 20.1 Å². The number of benzene rings is 1. The van der Waals surface area contributed by atoms with Gasteiger partial charge in [-0.3, -0.25) is 4.90 Å². The molecule has 2 aromatic heterocycles. The highest BCUT2D eigenvalue weighted by Gasteiger charge is 2.38. The van der Waals surface area contributed by atoms with Gasteiger partial charge in [-0.1, -0.05) is 11.2 Å². The monoisotopic (exact) mass is 685 g/mol. The van der Waals surface area contributed by atoms with Gasteiger partial charge in [0.1, 0.15) is 35.6 Å². The Hall–Kier alpha value is -4.45. The van der Waals surface area contributed by atoms with Crippen molar-refractivity contribution in [1.82, 2.24) is 29.9 Å². The number of piperidine rings is 1. The number of halogens is 3. The van der Waals surface area contributed by atoms with Gasteiger partial charge in [0.25, 0.3) is 5.89 Å². The first-order valence-electron chi connectivity index (χ1n) is 16.3. The van der Waals surface area contributed by atoms with Crippen LogP contribution in [0.4, 0.5) is 18.0 Å². The van der Waals surface area contributed by atoms with E-state index in [4.69, 9.17) is 18.7 Å². The molecule has 4 heterocycles. The Labute approximate surface area is 283 Å². The average molecular weight is 686 g/mol. The van der Waals surface area contributed by atoms with Crippen LogP contribution in [0, 0.1) is 23.0 Å². The molecule has 2 saturated heterocycles. The Balaban J connectivity index is 1.43. The van der Waals surface area contributed by atoms with Crippen LogP contribution in [0.2, 0.25) is 0 Å². The molecule has 2 aliphatic rings. The zero-order valence-electron chi connectivity index (χ0n) is 28.7. The van der Waals surface area contributed by atoms with Crippen LogP contribution in [0.1, 0.15) is 78.6 Å². The van der Waals surface area contributed by atoms with Crippen LogP contribution in [0.15, 0.2) is 28.8 Å². The van der Waals surface area contributed by atoms with Gasteiger partial charge in [-0.2, -0.15) is 20.2 Å². The van der Waals surface area contributed by atoms with Gasteiger partial charge in [0.05, 0.1) is 30.0 Å². The summed E-state index contributed by atoms with van der Waals surface area (Å²) in [5.74, 6) is -1.53. The molecule has 2 fully saturated rings. The van der Waals surface area contributed by atoms with Crippen molar-refractivity contribution in [3.8, 4) is 29.5 Å². The van der Waals surface area contributed by atoms with E-state index in [2.05, 4.69) is 26.2 Å². The largest absolute Gasteiger partial charge is 0.474 e. The van der Waals surface area contributed by atoms with Gasteiger partial charge in [-0.25, -0.2) is 18.0 Å². The van der Waals surface area contributed by atoms with Gasteiger partial charge in [0.15, 0.2) is 5.82 Å². The quantitative estimate of drug-likeness (QED) is 0.262. The van der Waals surface area contributed by atoms with Gasteiger partial charge in [-0.05, 0) is 67.1 Å². The smallest absolute Gasteiger partial charge is 0.410 e. The van der Waals surface area contributed by atoms with E-state index in [0.29, 0.717) is 19.3 Å². The van der Waals surface area contributed by atoms with Crippen molar-refractivity contribution in [1.29, 1.82) is 5.26 Å². The van der Waals surface area contributed by atoms with Crippen LogP contribution < -0.4 is 9.47 Å². The van der Waals surface area contributed by atoms with Gasteiger partial charge in [0.2, 0.25) is 17.6 Å². The molecule has 0 N–H and O–H groups in total. The van der Waals surface area contributed by atoms with E-state index < -0.39 is 53.2 Å². The molecule has 5 atom stereocenters. The summed E-state index contributed by atoms with van der Waals surface area (Å²) < 4.78 is 67.2. The second kappa shape index (κ2) is 14.2. The molecule has 0 saturated carbocycles. The Morgan fingerprint density at radius 1 is 1.12 bits per heavy atom. The summed E-state index contributed by atoms with van der Waals surface area (Å²) in [5.41, 5.74) is -2.25. The molecule has 0 bridgehead atoms. The summed E-state index contributed by atoms with van der Waals surface area (Å²) in [6, 6.07) is 6.55. The standard InChI is InChI=1S/C34H42F3N7O5/c1-19(25-15-20(35)18-43(25)7)46-26-17-27(47-22-12-14-44(21(16-22)11-13-38)32(45)48-33(2,3)4)40-29(39-26)30-41-31(42-49-30)34(5,6)28-23(36)9-8-10-24(28)37/h8-10,17,19-22,25H,11-12,14-16,18H2,1-7H3/t19-,20+,21+,22-,25-/m0/s1. The first-order valence-corrected chi connectivity index (χ1v) is 16.3. The first kappa shape index (κ1) is 35.8. The zero-order valence-corrected chi connectivity index (χ0v) is 28.7. The minimum absolute atomic E-state index is 0.00677. The molecular formula is C34H42F3N7O5. The summed E-state index contributed by atoms with van der Waals surface area (Å²) >= 11 is 0. The maximum atomic E-state index is 14.8. The molecule has 15 heteroatoms. The summed E-state index contributed by atoms with van der Waals surface area (Å²) in [7, 11) is 1.82. The third-order valence-corrected chi connectivity index (χ3v) is 8.75. The predicted molar refractivity (Wildman–Crippen MR) is 170 cm³/mol. The number of ether oxygens (including phenoxy) is 3. The highest BCUT2D eigenvalue weighted by atomic mass is 19.1. The van der Waals surface area contributed by atoms with E-state index in [1.807, 2.05) is 18.9 Å². The number of likely N-dealkylation sites (N-methyl/N-ethyl adjacent to an activating group) is 1. The Morgan fingerprint density at radius 3 is 2.45 bits per heavy atom. The molecule has 0 unspecified atom stereocenters. The van der Waals surface area contributed by atoms with E-state index >= 15 is 0 Å². The lowest BCUT2D eigenvalue weighted by molar-refractivity contribution is -0.00382. The van der Waals surface area contributed by atoms with Gasteiger partial charge in [0, 0.05) is 37.5 Å². The first-order chi connectivity index (χ1) is 23.0. The third-order valence-electron chi connectivity index (χ3n) is 8.75. The number of hydrogen-bond acceptors (Lipinski definition) is 11. The van der Waals surface area contributed by atoms with E-state index in [-0.39, 0.29) is 60.4 Å². The number of nitriles is 1. The molecule has 0 radical (unpaired) electrons. The Bertz CT molecular complexity index is 1670. The van der Waals surface area contributed by atoms with Crippen LogP contribution >= 0.6 is 0 Å². The predicted octanol–water partition coefficient (Wildman–Crippen LogP) is 6.00. The fourth-order valence-corrected chi connectivity index (χ4v) is 6.33. The molecule has 5 rings (SSSR count). The summed E-state index contributed by atoms with van der Waals surface area (Å²) in [6.45, 7) is 10.9. The van der Waals surface area contributed by atoms with Crippen molar-refractivity contribution in [2.45, 2.75) is 109 Å². The number of rotatable bonds is 9. The lowest BCUT2D eigenvalue weighted by Gasteiger charge is -2.38. The summed E-state index contributed by atoms with van der Waals surface area (Å²) in [5, 5.41) is 13.5.